The van der Waals surface area contributed by atoms with E-state index in [0.29, 0.717) is 24.8 Å². The van der Waals surface area contributed by atoms with Gasteiger partial charge in [0.1, 0.15) is 0 Å². The Morgan fingerprint density at radius 3 is 2.85 bits per heavy atom. The summed E-state index contributed by atoms with van der Waals surface area (Å²) in [4.78, 5) is 12.0. The van der Waals surface area contributed by atoms with Crippen molar-refractivity contribution in [3.63, 3.8) is 0 Å². The molecule has 110 valence electrons. The quantitative estimate of drug-likeness (QED) is 0.740. The highest BCUT2D eigenvalue weighted by atomic mass is 79.9. The van der Waals surface area contributed by atoms with E-state index in [1.54, 1.807) is 6.07 Å². The second-order valence-electron chi connectivity index (χ2n) is 4.70. The molecule has 1 aliphatic heterocycles. The van der Waals surface area contributed by atoms with E-state index in [0.717, 1.165) is 34.9 Å². The molecule has 20 heavy (non-hydrogen) atoms. The molecule has 1 aliphatic rings. The van der Waals surface area contributed by atoms with Crippen molar-refractivity contribution in [2.45, 2.75) is 18.9 Å². The van der Waals surface area contributed by atoms with Crippen molar-refractivity contribution < 1.29 is 9.53 Å². The minimum atomic E-state index is -0.0907. The van der Waals surface area contributed by atoms with Crippen LogP contribution in [-0.4, -0.2) is 38.3 Å². The topological polar surface area (TPSA) is 50.4 Å². The van der Waals surface area contributed by atoms with Gasteiger partial charge in [-0.25, -0.2) is 0 Å². The van der Waals surface area contributed by atoms with Crippen LogP contribution in [0.3, 0.4) is 0 Å². The van der Waals surface area contributed by atoms with Gasteiger partial charge in [0.2, 0.25) is 0 Å². The molecule has 0 spiro atoms. The Balaban J connectivity index is 1.73. The predicted octanol–water partition coefficient (Wildman–Crippen LogP) is 2.71. The lowest BCUT2D eigenvalue weighted by Crippen LogP contribution is -2.34. The molecule has 2 N–H and O–H groups in total. The molecule has 4 nitrogen and oxygen atoms in total. The van der Waals surface area contributed by atoms with Crippen molar-refractivity contribution >= 4 is 37.8 Å². The molecule has 0 aromatic heterocycles. The fourth-order valence-electron chi connectivity index (χ4n) is 2.12. The minimum Gasteiger partial charge on any atom is -0.376 e. The summed E-state index contributed by atoms with van der Waals surface area (Å²) in [7, 11) is 0. The van der Waals surface area contributed by atoms with Crippen molar-refractivity contribution in [2.24, 2.45) is 0 Å². The fourth-order valence-corrected chi connectivity index (χ4v) is 2.91. The lowest BCUT2D eigenvalue weighted by atomic mass is 10.1. The number of halogens is 2. The summed E-state index contributed by atoms with van der Waals surface area (Å²) in [6, 6.07) is 5.54. The molecule has 1 saturated heterocycles. The van der Waals surface area contributed by atoms with Gasteiger partial charge in [0.25, 0.3) is 5.91 Å². The van der Waals surface area contributed by atoms with E-state index in [9.17, 15) is 4.79 Å². The van der Waals surface area contributed by atoms with Crippen LogP contribution in [0.4, 0.5) is 0 Å². The Morgan fingerprint density at radius 1 is 1.35 bits per heavy atom. The van der Waals surface area contributed by atoms with Crippen LogP contribution < -0.4 is 10.6 Å². The molecular formula is C14H18Br2N2O2. The molecule has 2 rings (SSSR count). The summed E-state index contributed by atoms with van der Waals surface area (Å²) in [5.41, 5.74) is 0.626. The van der Waals surface area contributed by atoms with Crippen LogP contribution in [-0.2, 0) is 4.74 Å². The summed E-state index contributed by atoms with van der Waals surface area (Å²) < 4.78 is 7.42. The molecule has 1 aromatic rings. The molecule has 1 fully saturated rings. The largest absolute Gasteiger partial charge is 0.376 e. The number of nitrogens with one attached hydrogen (secondary N) is 2. The molecule has 0 atom stereocenters. The second kappa shape index (κ2) is 8.12. The maximum absolute atomic E-state index is 12.0. The number of rotatable bonds is 5. The van der Waals surface area contributed by atoms with Gasteiger partial charge in [-0.15, -0.1) is 0 Å². The molecule has 1 heterocycles. The first kappa shape index (κ1) is 15.9. The first-order valence-electron chi connectivity index (χ1n) is 6.72. The van der Waals surface area contributed by atoms with Crippen molar-refractivity contribution in [3.8, 4) is 0 Å². The zero-order valence-electron chi connectivity index (χ0n) is 11.1. The number of piperidine rings is 1. The van der Waals surface area contributed by atoms with Crippen molar-refractivity contribution in [3.05, 3.63) is 32.7 Å². The molecule has 0 unspecified atom stereocenters. The lowest BCUT2D eigenvalue weighted by molar-refractivity contribution is 0.0343. The van der Waals surface area contributed by atoms with Crippen LogP contribution in [0.1, 0.15) is 23.2 Å². The molecule has 6 heteroatoms. The van der Waals surface area contributed by atoms with Gasteiger partial charge in [0.05, 0.1) is 18.3 Å². The standard InChI is InChI=1S/C14H18Br2N2O2/c15-10-1-2-13(16)12(9-10)14(19)18-7-8-20-11-3-5-17-6-4-11/h1-2,9,11,17H,3-8H2,(H,18,19). The predicted molar refractivity (Wildman–Crippen MR) is 86.0 cm³/mol. The highest BCUT2D eigenvalue weighted by Crippen LogP contribution is 2.21. The third-order valence-corrected chi connectivity index (χ3v) is 4.39. The number of amides is 1. The average Bonchev–Trinajstić information content (AvgIpc) is 2.47. The van der Waals surface area contributed by atoms with Crippen LogP contribution >= 0.6 is 31.9 Å². The van der Waals surface area contributed by atoms with Gasteiger partial charge < -0.3 is 15.4 Å². The van der Waals surface area contributed by atoms with Crippen LogP contribution in [0.15, 0.2) is 27.1 Å². The average molecular weight is 406 g/mol. The van der Waals surface area contributed by atoms with E-state index >= 15 is 0 Å². The van der Waals surface area contributed by atoms with Crippen LogP contribution in [0.5, 0.6) is 0 Å². The van der Waals surface area contributed by atoms with E-state index in [-0.39, 0.29) is 5.91 Å². The minimum absolute atomic E-state index is 0.0907. The van der Waals surface area contributed by atoms with Gasteiger partial charge >= 0.3 is 0 Å². The second-order valence-corrected chi connectivity index (χ2v) is 6.47. The maximum atomic E-state index is 12.0. The number of hydrogen-bond acceptors (Lipinski definition) is 3. The summed E-state index contributed by atoms with van der Waals surface area (Å²) in [6.45, 7) is 3.12. The van der Waals surface area contributed by atoms with E-state index < -0.39 is 0 Å². The maximum Gasteiger partial charge on any atom is 0.252 e. The molecule has 0 radical (unpaired) electrons. The molecule has 0 aliphatic carbocycles. The van der Waals surface area contributed by atoms with Crippen molar-refractivity contribution in [1.29, 1.82) is 0 Å². The highest BCUT2D eigenvalue weighted by Gasteiger charge is 2.13. The van der Waals surface area contributed by atoms with Crippen LogP contribution in [0.25, 0.3) is 0 Å². The summed E-state index contributed by atoms with van der Waals surface area (Å²) in [6.07, 6.45) is 2.42. The van der Waals surface area contributed by atoms with Crippen LogP contribution in [0.2, 0.25) is 0 Å². The van der Waals surface area contributed by atoms with Crippen LogP contribution in [0, 0.1) is 0 Å². The molecule has 1 amide bonds. The lowest BCUT2D eigenvalue weighted by Gasteiger charge is -2.22. The number of ether oxygens (including phenoxy) is 1. The first-order valence-corrected chi connectivity index (χ1v) is 8.31. The molecular weight excluding hydrogens is 388 g/mol. The Kier molecular flexibility index (Phi) is 6.48. The molecule has 0 bridgehead atoms. The summed E-state index contributed by atoms with van der Waals surface area (Å²) in [5, 5.41) is 6.17. The number of carbonyl (C=O) groups is 1. The van der Waals surface area contributed by atoms with E-state index in [1.807, 2.05) is 12.1 Å². The summed E-state index contributed by atoms with van der Waals surface area (Å²) >= 11 is 6.75. The third kappa shape index (κ3) is 4.84. The summed E-state index contributed by atoms with van der Waals surface area (Å²) in [5.74, 6) is -0.0907. The van der Waals surface area contributed by atoms with Gasteiger partial charge in [0.15, 0.2) is 0 Å². The van der Waals surface area contributed by atoms with Crippen molar-refractivity contribution in [1.82, 2.24) is 10.6 Å². The third-order valence-electron chi connectivity index (χ3n) is 3.20. The number of benzene rings is 1. The number of hydrogen-bond donors (Lipinski definition) is 2. The number of carbonyl (C=O) groups excluding carboxylic acids is 1. The van der Waals surface area contributed by atoms with E-state index in [2.05, 4.69) is 42.5 Å². The Hall–Kier alpha value is -0.430. The van der Waals surface area contributed by atoms with Gasteiger partial charge in [-0.2, -0.15) is 0 Å². The SMILES string of the molecule is O=C(NCCOC1CCNCC1)c1cc(Br)ccc1Br. The zero-order valence-corrected chi connectivity index (χ0v) is 14.3. The smallest absolute Gasteiger partial charge is 0.252 e. The normalized spacial score (nSPS) is 16.1. The Labute approximate surface area is 135 Å². The Bertz CT molecular complexity index is 462. The molecule has 0 saturated carbocycles. The monoisotopic (exact) mass is 404 g/mol. The van der Waals surface area contributed by atoms with Gasteiger partial charge in [-0.05, 0) is 60.1 Å². The van der Waals surface area contributed by atoms with Gasteiger partial charge in [-0.3, -0.25) is 4.79 Å². The van der Waals surface area contributed by atoms with Gasteiger partial charge in [-0.1, -0.05) is 15.9 Å². The zero-order chi connectivity index (χ0) is 14.4. The van der Waals surface area contributed by atoms with E-state index in [4.69, 9.17) is 4.74 Å². The highest BCUT2D eigenvalue weighted by molar-refractivity contribution is 9.11. The first-order chi connectivity index (χ1) is 9.66. The Morgan fingerprint density at radius 2 is 2.10 bits per heavy atom. The molecule has 1 aromatic carbocycles. The van der Waals surface area contributed by atoms with Crippen molar-refractivity contribution in [2.75, 3.05) is 26.2 Å². The van der Waals surface area contributed by atoms with Gasteiger partial charge in [0, 0.05) is 15.5 Å². The fraction of sp³-hybridized carbons (Fsp3) is 0.500. The van der Waals surface area contributed by atoms with E-state index in [1.165, 1.54) is 0 Å².